The summed E-state index contributed by atoms with van der Waals surface area (Å²) in [6.45, 7) is 1.87. The van der Waals surface area contributed by atoms with Gasteiger partial charge in [-0.3, -0.25) is 9.88 Å². The van der Waals surface area contributed by atoms with E-state index in [0.29, 0.717) is 18.7 Å². The molecule has 0 saturated heterocycles. The second kappa shape index (κ2) is 8.82. The lowest BCUT2D eigenvalue weighted by molar-refractivity contribution is -0.137. The van der Waals surface area contributed by atoms with Gasteiger partial charge in [-0.15, -0.1) is 0 Å². The van der Waals surface area contributed by atoms with Crippen LogP contribution in [0.2, 0.25) is 0 Å². The number of aromatic nitrogens is 1. The van der Waals surface area contributed by atoms with E-state index in [2.05, 4.69) is 22.0 Å². The van der Waals surface area contributed by atoms with E-state index >= 15 is 0 Å². The average molecular weight is 370 g/mol. The number of nitrogens with zero attached hydrogens (tertiary/aromatic N) is 2. The first-order valence-corrected chi connectivity index (χ1v) is 8.82. The molecule has 1 aromatic heterocycles. The summed E-state index contributed by atoms with van der Waals surface area (Å²) in [6, 6.07) is 19.5. The van der Waals surface area contributed by atoms with E-state index in [9.17, 15) is 13.2 Å². The van der Waals surface area contributed by atoms with Gasteiger partial charge in [-0.2, -0.15) is 13.2 Å². The Bertz CT molecular complexity index is 833. The van der Waals surface area contributed by atoms with Gasteiger partial charge in [-0.1, -0.05) is 48.5 Å². The monoisotopic (exact) mass is 370 g/mol. The number of hydrogen-bond donors (Lipinski definition) is 0. The molecule has 0 aliphatic heterocycles. The van der Waals surface area contributed by atoms with Crippen LogP contribution < -0.4 is 0 Å². The van der Waals surface area contributed by atoms with E-state index in [4.69, 9.17) is 0 Å². The molecule has 0 amide bonds. The number of halogens is 3. The van der Waals surface area contributed by atoms with Crippen molar-refractivity contribution < 1.29 is 13.2 Å². The third-order valence-corrected chi connectivity index (χ3v) is 4.38. The molecule has 2 nitrogen and oxygen atoms in total. The van der Waals surface area contributed by atoms with Crippen molar-refractivity contribution in [2.45, 2.75) is 25.7 Å². The SMILES string of the molecule is FC(F)(F)c1cccc(CN(CCc2ccccc2)Cc2ccncc2)c1. The van der Waals surface area contributed by atoms with Gasteiger partial charge in [0.15, 0.2) is 0 Å². The summed E-state index contributed by atoms with van der Waals surface area (Å²) in [4.78, 5) is 6.19. The Kier molecular flexibility index (Phi) is 6.24. The van der Waals surface area contributed by atoms with Gasteiger partial charge in [-0.05, 0) is 41.3 Å². The smallest absolute Gasteiger partial charge is 0.295 e. The van der Waals surface area contributed by atoms with Gasteiger partial charge in [0, 0.05) is 32.0 Å². The molecule has 0 spiro atoms. The highest BCUT2D eigenvalue weighted by molar-refractivity contribution is 5.26. The van der Waals surface area contributed by atoms with Gasteiger partial charge in [0.25, 0.3) is 0 Å². The minimum Gasteiger partial charge on any atom is -0.295 e. The zero-order valence-electron chi connectivity index (χ0n) is 14.9. The number of alkyl halides is 3. The normalized spacial score (nSPS) is 11.7. The molecule has 1 heterocycles. The molecule has 0 aliphatic carbocycles. The molecule has 3 rings (SSSR count). The molecule has 27 heavy (non-hydrogen) atoms. The fraction of sp³-hybridized carbons (Fsp3) is 0.227. The molecule has 0 N–H and O–H groups in total. The van der Waals surface area contributed by atoms with Crippen LogP contribution in [0.15, 0.2) is 79.1 Å². The molecule has 3 aromatic rings. The Morgan fingerprint density at radius 3 is 2.11 bits per heavy atom. The van der Waals surface area contributed by atoms with E-state index in [-0.39, 0.29) is 0 Å². The quantitative estimate of drug-likeness (QED) is 0.558. The lowest BCUT2D eigenvalue weighted by Gasteiger charge is -2.23. The predicted octanol–water partition coefficient (Wildman–Crippen LogP) is 5.35. The molecular weight excluding hydrogens is 349 g/mol. The topological polar surface area (TPSA) is 16.1 Å². The second-order valence-corrected chi connectivity index (χ2v) is 6.50. The summed E-state index contributed by atoms with van der Waals surface area (Å²) >= 11 is 0. The van der Waals surface area contributed by atoms with Crippen LogP contribution in [0.3, 0.4) is 0 Å². The molecule has 0 aliphatic rings. The minimum absolute atomic E-state index is 0.457. The summed E-state index contributed by atoms with van der Waals surface area (Å²) in [5.74, 6) is 0. The first-order valence-electron chi connectivity index (χ1n) is 8.82. The van der Waals surface area contributed by atoms with Gasteiger partial charge in [-0.25, -0.2) is 0 Å². The Morgan fingerprint density at radius 2 is 1.41 bits per heavy atom. The molecule has 0 bridgehead atoms. The van der Waals surface area contributed by atoms with E-state index in [1.807, 2.05) is 30.3 Å². The van der Waals surface area contributed by atoms with Crippen LogP contribution in [0.1, 0.15) is 22.3 Å². The van der Waals surface area contributed by atoms with Crippen molar-refractivity contribution in [3.8, 4) is 0 Å². The standard InChI is InChI=1S/C22H21F3N2/c23-22(24,25)21-8-4-7-20(15-21)17-27(16-19-9-12-26-13-10-19)14-11-18-5-2-1-3-6-18/h1-10,12-13,15H,11,14,16-17H2. The molecule has 140 valence electrons. The van der Waals surface area contributed by atoms with Crippen LogP contribution in [-0.4, -0.2) is 16.4 Å². The maximum Gasteiger partial charge on any atom is 0.416 e. The van der Waals surface area contributed by atoms with Crippen LogP contribution in [0, 0.1) is 0 Å². The fourth-order valence-electron chi connectivity index (χ4n) is 3.00. The number of rotatable bonds is 7. The van der Waals surface area contributed by atoms with Gasteiger partial charge >= 0.3 is 6.18 Å². The average Bonchev–Trinajstić information content (AvgIpc) is 2.67. The van der Waals surface area contributed by atoms with Crippen LogP contribution >= 0.6 is 0 Å². The fourth-order valence-corrected chi connectivity index (χ4v) is 3.00. The van der Waals surface area contributed by atoms with Gasteiger partial charge in [0.05, 0.1) is 5.56 Å². The minimum atomic E-state index is -4.32. The van der Waals surface area contributed by atoms with Crippen molar-refractivity contribution in [3.63, 3.8) is 0 Å². The lowest BCUT2D eigenvalue weighted by Crippen LogP contribution is -2.25. The van der Waals surface area contributed by atoms with Gasteiger partial charge in [0.1, 0.15) is 0 Å². The van der Waals surface area contributed by atoms with E-state index in [0.717, 1.165) is 24.6 Å². The maximum atomic E-state index is 13.0. The molecular formula is C22H21F3N2. The molecule has 2 aromatic carbocycles. The summed E-state index contributed by atoms with van der Waals surface area (Å²) in [5.41, 5.74) is 2.35. The van der Waals surface area contributed by atoms with Gasteiger partial charge < -0.3 is 0 Å². The summed E-state index contributed by atoms with van der Waals surface area (Å²) < 4.78 is 39.0. The van der Waals surface area contributed by atoms with Crippen molar-refractivity contribution in [2.24, 2.45) is 0 Å². The summed E-state index contributed by atoms with van der Waals surface area (Å²) in [7, 11) is 0. The van der Waals surface area contributed by atoms with Crippen LogP contribution in [0.5, 0.6) is 0 Å². The highest BCUT2D eigenvalue weighted by Crippen LogP contribution is 2.29. The third kappa shape index (κ3) is 5.93. The van der Waals surface area contributed by atoms with Crippen molar-refractivity contribution in [1.29, 1.82) is 0 Å². The van der Waals surface area contributed by atoms with Crippen molar-refractivity contribution in [2.75, 3.05) is 6.54 Å². The van der Waals surface area contributed by atoms with Crippen molar-refractivity contribution >= 4 is 0 Å². The second-order valence-electron chi connectivity index (χ2n) is 6.50. The maximum absolute atomic E-state index is 13.0. The van der Waals surface area contributed by atoms with E-state index in [1.165, 1.54) is 17.7 Å². The molecule has 0 unspecified atom stereocenters. The number of benzene rings is 2. The summed E-state index contributed by atoms with van der Waals surface area (Å²) in [5, 5.41) is 0. The van der Waals surface area contributed by atoms with Crippen molar-refractivity contribution in [1.82, 2.24) is 9.88 Å². The molecule has 0 saturated carbocycles. The van der Waals surface area contributed by atoms with Crippen molar-refractivity contribution in [3.05, 3.63) is 101 Å². The Balaban J connectivity index is 1.74. The predicted molar refractivity (Wildman–Crippen MR) is 99.9 cm³/mol. The molecule has 5 heteroatoms. The lowest BCUT2D eigenvalue weighted by atomic mass is 10.1. The number of pyridine rings is 1. The largest absolute Gasteiger partial charge is 0.416 e. The molecule has 0 radical (unpaired) electrons. The highest BCUT2D eigenvalue weighted by atomic mass is 19.4. The Hall–Kier alpha value is -2.66. The van der Waals surface area contributed by atoms with Crippen LogP contribution in [0.25, 0.3) is 0 Å². The Morgan fingerprint density at radius 1 is 0.741 bits per heavy atom. The summed E-state index contributed by atoms with van der Waals surface area (Å²) in [6.07, 6.45) is -0.0230. The zero-order valence-corrected chi connectivity index (χ0v) is 14.9. The van der Waals surface area contributed by atoms with Gasteiger partial charge in [0.2, 0.25) is 0 Å². The first kappa shape index (κ1) is 19.1. The van der Waals surface area contributed by atoms with Crippen LogP contribution in [-0.2, 0) is 25.7 Å². The third-order valence-electron chi connectivity index (χ3n) is 4.38. The van der Waals surface area contributed by atoms with Crippen LogP contribution in [0.4, 0.5) is 13.2 Å². The Labute approximate surface area is 157 Å². The molecule has 0 fully saturated rings. The van der Waals surface area contributed by atoms with E-state index < -0.39 is 11.7 Å². The molecule has 0 atom stereocenters. The first-order chi connectivity index (χ1) is 13.0. The zero-order chi connectivity index (χ0) is 19.1. The van der Waals surface area contributed by atoms with E-state index in [1.54, 1.807) is 18.5 Å². The highest BCUT2D eigenvalue weighted by Gasteiger charge is 2.30. The number of hydrogen-bond acceptors (Lipinski definition) is 2.